The van der Waals surface area contributed by atoms with Gasteiger partial charge in [-0.05, 0) is 0 Å². The molecule has 0 aromatic carbocycles. The van der Waals surface area contributed by atoms with Crippen LogP contribution in [0.2, 0.25) is 0 Å². The molecular formula is C6H15ClO3Ti. The largest absolute Gasteiger partial charge is 4.00 e. The van der Waals surface area contributed by atoms with E-state index in [1.807, 2.05) is 0 Å². The summed E-state index contributed by atoms with van der Waals surface area (Å²) in [6.07, 6.45) is 0. The van der Waals surface area contributed by atoms with Gasteiger partial charge in [-0.3, -0.25) is 0 Å². The van der Waals surface area contributed by atoms with Gasteiger partial charge in [-0.1, -0.05) is 20.8 Å². The van der Waals surface area contributed by atoms with Gasteiger partial charge in [0.15, 0.2) is 0 Å². The number of hydrogen-bond acceptors (Lipinski definition) is 3. The molecule has 0 unspecified atom stereocenters. The van der Waals surface area contributed by atoms with Crippen molar-refractivity contribution in [2.24, 2.45) is 0 Å². The average molecular weight is 219 g/mol. The fourth-order valence-corrected chi connectivity index (χ4v) is 0. The van der Waals surface area contributed by atoms with Gasteiger partial charge in [-0.2, -0.15) is 0 Å². The van der Waals surface area contributed by atoms with Crippen LogP contribution >= 0.6 is 0 Å². The molecule has 0 aromatic heterocycles. The van der Waals surface area contributed by atoms with Crippen LogP contribution in [0.5, 0.6) is 0 Å². The van der Waals surface area contributed by atoms with Crippen LogP contribution in [0.1, 0.15) is 20.8 Å². The third-order valence-electron chi connectivity index (χ3n) is 0. The fraction of sp³-hybridized carbons (Fsp3) is 1.00. The first-order valence-electron chi connectivity index (χ1n) is 2.99. The predicted octanol–water partition coefficient (Wildman–Crippen LogP) is -4.90. The van der Waals surface area contributed by atoms with Crippen molar-refractivity contribution in [1.29, 1.82) is 0 Å². The maximum absolute atomic E-state index is 8.93. The van der Waals surface area contributed by atoms with Gasteiger partial charge >= 0.3 is 21.7 Å². The van der Waals surface area contributed by atoms with Crippen molar-refractivity contribution in [3.8, 4) is 0 Å². The van der Waals surface area contributed by atoms with E-state index in [4.69, 9.17) is 15.3 Å². The summed E-state index contributed by atoms with van der Waals surface area (Å²) in [7, 11) is 0. The molecule has 0 aromatic rings. The standard InChI is InChI=1S/3C2H5O.ClH.Ti/c3*1-2-3;;/h3*2H2,1H3;1H;/q3*-1;;+4/p-1. The molecule has 0 radical (unpaired) electrons. The summed E-state index contributed by atoms with van der Waals surface area (Å²) in [4.78, 5) is 0. The number of halogens is 1. The predicted molar refractivity (Wildman–Crippen MR) is 31.6 cm³/mol. The van der Waals surface area contributed by atoms with Gasteiger partial charge in [-0.25, -0.2) is 0 Å². The van der Waals surface area contributed by atoms with Gasteiger partial charge in [0.25, 0.3) is 0 Å². The van der Waals surface area contributed by atoms with E-state index in [0.29, 0.717) is 0 Å². The summed E-state index contributed by atoms with van der Waals surface area (Å²) >= 11 is 0. The normalized spacial score (nSPS) is 4.91. The van der Waals surface area contributed by atoms with E-state index in [1.54, 1.807) is 20.8 Å². The molecule has 0 bridgehead atoms. The van der Waals surface area contributed by atoms with E-state index >= 15 is 0 Å². The van der Waals surface area contributed by atoms with Crippen LogP contribution < -0.4 is 27.7 Å². The summed E-state index contributed by atoms with van der Waals surface area (Å²) < 4.78 is 0. The Morgan fingerprint density at radius 2 is 0.727 bits per heavy atom. The molecule has 0 fully saturated rings. The maximum atomic E-state index is 8.93. The molecule has 0 atom stereocenters. The zero-order chi connectivity index (χ0) is 8.12. The van der Waals surface area contributed by atoms with Crippen LogP contribution in [0.3, 0.4) is 0 Å². The molecule has 0 aliphatic rings. The van der Waals surface area contributed by atoms with Crippen molar-refractivity contribution < 1.29 is 49.4 Å². The monoisotopic (exact) mass is 218 g/mol. The van der Waals surface area contributed by atoms with E-state index in [-0.39, 0.29) is 53.9 Å². The summed E-state index contributed by atoms with van der Waals surface area (Å²) in [6.45, 7) is 4.71. The zero-order valence-electron chi connectivity index (χ0n) is 7.22. The van der Waals surface area contributed by atoms with Crippen LogP contribution in [0.4, 0.5) is 0 Å². The van der Waals surface area contributed by atoms with Crippen LogP contribution in [0.25, 0.3) is 0 Å². The first-order chi connectivity index (χ1) is 4.24. The molecule has 0 N–H and O–H groups in total. The van der Waals surface area contributed by atoms with Crippen molar-refractivity contribution in [2.45, 2.75) is 20.8 Å². The molecule has 11 heavy (non-hydrogen) atoms. The van der Waals surface area contributed by atoms with Gasteiger partial charge in [0.05, 0.1) is 0 Å². The minimum absolute atomic E-state index is 0. The number of hydrogen-bond donors (Lipinski definition) is 0. The van der Waals surface area contributed by atoms with Crippen molar-refractivity contribution in [2.75, 3.05) is 19.8 Å². The Morgan fingerprint density at radius 3 is 0.727 bits per heavy atom. The van der Waals surface area contributed by atoms with E-state index < -0.39 is 0 Å². The van der Waals surface area contributed by atoms with Gasteiger partial charge in [0, 0.05) is 0 Å². The van der Waals surface area contributed by atoms with E-state index in [9.17, 15) is 0 Å². The Hall–Kier alpha value is 0.884. The Labute approximate surface area is 90.1 Å². The Bertz CT molecular complexity index is 22.5. The molecular weight excluding hydrogens is 203 g/mol. The molecule has 5 heteroatoms. The average Bonchev–Trinajstić information content (AvgIpc) is 1.70. The van der Waals surface area contributed by atoms with Crippen LogP contribution in [0.15, 0.2) is 0 Å². The van der Waals surface area contributed by atoms with E-state index in [2.05, 4.69) is 0 Å². The van der Waals surface area contributed by atoms with E-state index in [0.717, 1.165) is 0 Å². The molecule has 0 aliphatic heterocycles. The van der Waals surface area contributed by atoms with Gasteiger partial charge in [0.2, 0.25) is 0 Å². The van der Waals surface area contributed by atoms with Crippen molar-refractivity contribution in [3.63, 3.8) is 0 Å². The fourth-order valence-electron chi connectivity index (χ4n) is 0. The minimum Gasteiger partial charge on any atom is -1.00 e. The van der Waals surface area contributed by atoms with Crippen molar-refractivity contribution in [1.82, 2.24) is 0 Å². The quantitative estimate of drug-likeness (QED) is 0.383. The molecule has 0 aliphatic carbocycles. The molecule has 68 valence electrons. The maximum Gasteiger partial charge on any atom is 4.00 e. The molecule has 0 saturated heterocycles. The summed E-state index contributed by atoms with van der Waals surface area (Å²) in [6, 6.07) is 0. The minimum atomic E-state index is 0. The summed E-state index contributed by atoms with van der Waals surface area (Å²) in [5.74, 6) is 0. The van der Waals surface area contributed by atoms with Gasteiger partial charge < -0.3 is 27.7 Å². The Kier molecular flexibility index (Phi) is 190. The molecule has 0 rings (SSSR count). The van der Waals surface area contributed by atoms with Gasteiger partial charge in [-0.15, -0.1) is 19.8 Å². The molecule has 0 saturated carbocycles. The van der Waals surface area contributed by atoms with E-state index in [1.165, 1.54) is 0 Å². The van der Waals surface area contributed by atoms with Crippen LogP contribution in [0, 0.1) is 0 Å². The van der Waals surface area contributed by atoms with Crippen molar-refractivity contribution in [3.05, 3.63) is 0 Å². The smallest absolute Gasteiger partial charge is 1.00 e. The number of rotatable bonds is 0. The summed E-state index contributed by atoms with van der Waals surface area (Å²) in [5, 5.41) is 26.8. The first kappa shape index (κ1) is 29.7. The Morgan fingerprint density at radius 1 is 0.727 bits per heavy atom. The van der Waals surface area contributed by atoms with Crippen LogP contribution in [-0.2, 0) is 21.7 Å². The topological polar surface area (TPSA) is 69.2 Å². The zero-order valence-corrected chi connectivity index (χ0v) is 9.54. The third-order valence-corrected chi connectivity index (χ3v) is 0. The second-order valence-corrected chi connectivity index (χ2v) is 0.866. The van der Waals surface area contributed by atoms with Gasteiger partial charge in [0.1, 0.15) is 0 Å². The molecule has 0 heterocycles. The van der Waals surface area contributed by atoms with Crippen LogP contribution in [-0.4, -0.2) is 19.8 Å². The SMILES string of the molecule is CC[O-].CC[O-].CC[O-].[Cl-].[Ti+4]. The summed E-state index contributed by atoms with van der Waals surface area (Å²) in [5.41, 5.74) is 0. The Balaban J connectivity index is -0.0000000150. The molecule has 0 amide bonds. The second-order valence-electron chi connectivity index (χ2n) is 0.866. The molecule has 3 nitrogen and oxygen atoms in total. The second kappa shape index (κ2) is 70.5. The first-order valence-corrected chi connectivity index (χ1v) is 2.99. The molecule has 0 spiro atoms. The van der Waals surface area contributed by atoms with Crippen molar-refractivity contribution >= 4 is 0 Å². The third kappa shape index (κ3) is 1100.